The third-order valence-electron chi connectivity index (χ3n) is 5.11. The molecule has 5 heteroatoms. The molecule has 1 heterocycles. The Kier molecular flexibility index (Phi) is 6.06. The maximum absolute atomic E-state index is 12.7. The van der Waals surface area contributed by atoms with E-state index in [1.807, 2.05) is 48.7 Å². The van der Waals surface area contributed by atoms with Gasteiger partial charge in [-0.3, -0.25) is 9.59 Å². The fraction of sp³-hybridized carbons (Fsp3) is 0.333. The molecule has 0 fully saturated rings. The first kappa shape index (κ1) is 20.6. The van der Waals surface area contributed by atoms with Crippen LogP contribution in [0.3, 0.4) is 0 Å². The number of nitrogens with one attached hydrogen (secondary N) is 2. The monoisotopic (exact) mass is 391 g/mol. The molecular weight excluding hydrogens is 362 g/mol. The van der Waals surface area contributed by atoms with Gasteiger partial charge in [0.1, 0.15) is 0 Å². The van der Waals surface area contributed by atoms with E-state index in [-0.39, 0.29) is 23.8 Å². The number of aromatic amines is 1. The lowest BCUT2D eigenvalue weighted by molar-refractivity contribution is -0.132. The number of hydrogen-bond acceptors (Lipinski definition) is 2. The van der Waals surface area contributed by atoms with E-state index in [0.717, 1.165) is 27.7 Å². The van der Waals surface area contributed by atoms with E-state index in [9.17, 15) is 9.59 Å². The topological polar surface area (TPSA) is 65.2 Å². The van der Waals surface area contributed by atoms with Crippen LogP contribution in [0.4, 0.5) is 5.69 Å². The maximum Gasteiger partial charge on any atom is 0.244 e. The largest absolute Gasteiger partial charge is 0.361 e. The summed E-state index contributed by atoms with van der Waals surface area (Å²) >= 11 is 0. The van der Waals surface area contributed by atoms with Crippen molar-refractivity contribution in [1.29, 1.82) is 0 Å². The number of hydrogen-bond donors (Lipinski definition) is 2. The first-order chi connectivity index (χ1) is 13.8. The first-order valence-electron chi connectivity index (χ1n) is 9.95. The van der Waals surface area contributed by atoms with Crippen molar-refractivity contribution in [2.75, 3.05) is 18.4 Å². The van der Waals surface area contributed by atoms with Crippen LogP contribution in [0.15, 0.2) is 54.7 Å². The average Bonchev–Trinajstić information content (AvgIpc) is 3.07. The van der Waals surface area contributed by atoms with Gasteiger partial charge in [0.25, 0.3) is 0 Å². The second-order valence-corrected chi connectivity index (χ2v) is 8.39. The molecule has 1 aromatic heterocycles. The molecule has 2 N–H and O–H groups in total. The summed E-state index contributed by atoms with van der Waals surface area (Å²) in [5, 5.41) is 4.14. The van der Waals surface area contributed by atoms with Crippen LogP contribution in [0.25, 0.3) is 10.9 Å². The average molecular weight is 392 g/mol. The molecule has 152 valence electrons. The molecule has 0 aliphatic rings. The number of fused-ring (bicyclic) bond motifs is 1. The van der Waals surface area contributed by atoms with Crippen LogP contribution in [0, 0.1) is 0 Å². The van der Waals surface area contributed by atoms with Gasteiger partial charge in [-0.05, 0) is 35.1 Å². The summed E-state index contributed by atoms with van der Waals surface area (Å²) < 4.78 is 0. The summed E-state index contributed by atoms with van der Waals surface area (Å²) in [6, 6.07) is 15.9. The second kappa shape index (κ2) is 8.52. The second-order valence-electron chi connectivity index (χ2n) is 8.39. The standard InChI is InChI=1S/C24H29N3O2/c1-17(28)27(14-13-18-15-25-21-11-7-5-9-19(18)21)16-23(29)26-22-12-8-6-10-20(22)24(2,3)4/h5-12,15,25H,13-14,16H2,1-4H3,(H,26,29). The van der Waals surface area contributed by atoms with Gasteiger partial charge in [-0.15, -0.1) is 0 Å². The van der Waals surface area contributed by atoms with Gasteiger partial charge in [0.15, 0.2) is 0 Å². The van der Waals surface area contributed by atoms with Crippen molar-refractivity contribution >= 4 is 28.4 Å². The van der Waals surface area contributed by atoms with Gasteiger partial charge in [0, 0.05) is 36.3 Å². The zero-order valence-electron chi connectivity index (χ0n) is 17.6. The lowest BCUT2D eigenvalue weighted by Crippen LogP contribution is -2.38. The number of benzene rings is 2. The van der Waals surface area contributed by atoms with Crippen LogP contribution in [0.1, 0.15) is 38.8 Å². The molecule has 5 nitrogen and oxygen atoms in total. The van der Waals surface area contributed by atoms with Crippen LogP contribution in [0.5, 0.6) is 0 Å². The Hall–Kier alpha value is -3.08. The lowest BCUT2D eigenvalue weighted by Gasteiger charge is -2.24. The number of aromatic nitrogens is 1. The molecule has 3 aromatic rings. The molecule has 3 rings (SSSR count). The number of rotatable bonds is 6. The van der Waals surface area contributed by atoms with Crippen molar-refractivity contribution in [1.82, 2.24) is 9.88 Å². The minimum absolute atomic E-state index is 0.0379. The van der Waals surface area contributed by atoms with Crippen LogP contribution < -0.4 is 5.32 Å². The summed E-state index contributed by atoms with van der Waals surface area (Å²) in [6.45, 7) is 8.37. The molecule has 0 radical (unpaired) electrons. The smallest absolute Gasteiger partial charge is 0.244 e. The molecule has 0 saturated carbocycles. The third kappa shape index (κ3) is 5.05. The van der Waals surface area contributed by atoms with Crippen LogP contribution >= 0.6 is 0 Å². The molecule has 0 atom stereocenters. The number of H-pyrrole nitrogens is 1. The van der Waals surface area contributed by atoms with E-state index in [4.69, 9.17) is 0 Å². The van der Waals surface area contributed by atoms with E-state index in [2.05, 4.69) is 37.1 Å². The zero-order valence-corrected chi connectivity index (χ0v) is 17.6. The van der Waals surface area contributed by atoms with Gasteiger partial charge in [-0.2, -0.15) is 0 Å². The highest BCUT2D eigenvalue weighted by molar-refractivity contribution is 5.95. The number of nitrogens with zero attached hydrogens (tertiary/aromatic N) is 1. The Morgan fingerprint density at radius 1 is 1.03 bits per heavy atom. The van der Waals surface area contributed by atoms with Crippen molar-refractivity contribution in [3.63, 3.8) is 0 Å². The highest BCUT2D eigenvalue weighted by atomic mass is 16.2. The summed E-state index contributed by atoms with van der Waals surface area (Å²) in [6.07, 6.45) is 2.66. The number of carbonyl (C=O) groups excluding carboxylic acids is 2. The van der Waals surface area contributed by atoms with E-state index >= 15 is 0 Å². The van der Waals surface area contributed by atoms with Gasteiger partial charge in [-0.1, -0.05) is 57.2 Å². The summed E-state index contributed by atoms with van der Waals surface area (Å²) in [4.78, 5) is 29.6. The van der Waals surface area contributed by atoms with Crippen molar-refractivity contribution in [3.05, 3.63) is 65.9 Å². The van der Waals surface area contributed by atoms with E-state index < -0.39 is 0 Å². The summed E-state index contributed by atoms with van der Waals surface area (Å²) in [5.41, 5.74) is 4.00. The Labute approximate surface area is 172 Å². The fourth-order valence-electron chi connectivity index (χ4n) is 3.55. The molecule has 0 saturated heterocycles. The van der Waals surface area contributed by atoms with Gasteiger partial charge >= 0.3 is 0 Å². The molecule has 0 aliphatic heterocycles. The van der Waals surface area contributed by atoms with Crippen molar-refractivity contribution < 1.29 is 9.59 Å². The third-order valence-corrected chi connectivity index (χ3v) is 5.11. The highest BCUT2D eigenvalue weighted by Crippen LogP contribution is 2.29. The minimum atomic E-state index is -0.184. The molecule has 0 spiro atoms. The lowest BCUT2D eigenvalue weighted by atomic mass is 9.86. The fourth-order valence-corrected chi connectivity index (χ4v) is 3.55. The molecule has 2 amide bonds. The number of para-hydroxylation sites is 2. The van der Waals surface area contributed by atoms with E-state index in [1.165, 1.54) is 6.92 Å². The van der Waals surface area contributed by atoms with Gasteiger partial charge in [-0.25, -0.2) is 0 Å². The predicted molar refractivity (Wildman–Crippen MR) is 118 cm³/mol. The molecule has 0 aliphatic carbocycles. The Balaban J connectivity index is 1.66. The number of amides is 2. The highest BCUT2D eigenvalue weighted by Gasteiger charge is 2.20. The van der Waals surface area contributed by atoms with Crippen molar-refractivity contribution in [3.8, 4) is 0 Å². The van der Waals surface area contributed by atoms with Crippen LogP contribution in [-0.4, -0.2) is 34.8 Å². The Morgan fingerprint density at radius 2 is 1.72 bits per heavy atom. The number of carbonyl (C=O) groups is 2. The zero-order chi connectivity index (χ0) is 21.0. The van der Waals surface area contributed by atoms with Crippen molar-refractivity contribution in [2.45, 2.75) is 39.5 Å². The molecule has 0 unspecified atom stereocenters. The number of anilines is 1. The van der Waals surface area contributed by atoms with Gasteiger partial charge in [0.05, 0.1) is 6.54 Å². The SMILES string of the molecule is CC(=O)N(CCc1c[nH]c2ccccc12)CC(=O)Nc1ccccc1C(C)(C)C. The quantitative estimate of drug-likeness (QED) is 0.650. The van der Waals surface area contributed by atoms with Gasteiger partial charge < -0.3 is 15.2 Å². The normalized spacial score (nSPS) is 11.4. The summed E-state index contributed by atoms with van der Waals surface area (Å²) in [7, 11) is 0. The van der Waals surface area contributed by atoms with Crippen LogP contribution in [-0.2, 0) is 21.4 Å². The van der Waals surface area contributed by atoms with E-state index in [0.29, 0.717) is 13.0 Å². The minimum Gasteiger partial charge on any atom is -0.361 e. The molecular formula is C24H29N3O2. The van der Waals surface area contributed by atoms with Gasteiger partial charge in [0.2, 0.25) is 11.8 Å². The van der Waals surface area contributed by atoms with E-state index in [1.54, 1.807) is 4.90 Å². The Morgan fingerprint density at radius 3 is 2.45 bits per heavy atom. The Bertz CT molecular complexity index is 1010. The van der Waals surface area contributed by atoms with Crippen LogP contribution in [0.2, 0.25) is 0 Å². The summed E-state index contributed by atoms with van der Waals surface area (Å²) in [5.74, 6) is -0.292. The predicted octanol–water partition coefficient (Wildman–Crippen LogP) is 4.50. The maximum atomic E-state index is 12.7. The molecule has 29 heavy (non-hydrogen) atoms. The molecule has 2 aromatic carbocycles. The molecule has 0 bridgehead atoms. The van der Waals surface area contributed by atoms with Crippen molar-refractivity contribution in [2.24, 2.45) is 0 Å². The first-order valence-corrected chi connectivity index (χ1v) is 9.95.